The molecular formula is C25H43IN4O3. The Morgan fingerprint density at radius 1 is 1.12 bits per heavy atom. The van der Waals surface area contributed by atoms with E-state index < -0.39 is 0 Å². The number of halogens is 1. The van der Waals surface area contributed by atoms with E-state index in [1.54, 1.807) is 0 Å². The summed E-state index contributed by atoms with van der Waals surface area (Å²) >= 11 is 0. The zero-order valence-electron chi connectivity index (χ0n) is 20.7. The molecule has 33 heavy (non-hydrogen) atoms. The highest BCUT2D eigenvalue weighted by Gasteiger charge is 2.39. The number of hydrogen-bond acceptors (Lipinski definition) is 5. The summed E-state index contributed by atoms with van der Waals surface area (Å²) in [6, 6.07) is 6.31. The van der Waals surface area contributed by atoms with E-state index in [4.69, 9.17) is 19.2 Å². The number of likely N-dealkylation sites (tertiary alicyclic amines) is 1. The van der Waals surface area contributed by atoms with Gasteiger partial charge in [-0.3, -0.25) is 4.90 Å². The second kappa shape index (κ2) is 15.0. The second-order valence-electron chi connectivity index (χ2n) is 8.74. The summed E-state index contributed by atoms with van der Waals surface area (Å²) in [7, 11) is 0. The van der Waals surface area contributed by atoms with Gasteiger partial charge in [-0.05, 0) is 71.2 Å². The van der Waals surface area contributed by atoms with Gasteiger partial charge in [0.2, 0.25) is 0 Å². The molecule has 0 spiro atoms. The number of nitrogens with zero attached hydrogens (tertiary/aromatic N) is 2. The molecule has 8 heteroatoms. The van der Waals surface area contributed by atoms with Crippen LogP contribution in [0.15, 0.2) is 23.2 Å². The number of ether oxygens (including phenoxy) is 3. The Labute approximate surface area is 217 Å². The van der Waals surface area contributed by atoms with Gasteiger partial charge >= 0.3 is 0 Å². The van der Waals surface area contributed by atoms with E-state index in [0.29, 0.717) is 26.4 Å². The van der Waals surface area contributed by atoms with Crippen molar-refractivity contribution >= 4 is 29.9 Å². The molecule has 2 saturated heterocycles. The SMILES string of the molecule is CCNC(=NCc1ccc(C)cc1OCCOCC)NCC1(N2CCCC2)CCOCC1.I. The van der Waals surface area contributed by atoms with Crippen LogP contribution in [0, 0.1) is 6.92 Å². The van der Waals surface area contributed by atoms with Gasteiger partial charge in [0.1, 0.15) is 12.4 Å². The van der Waals surface area contributed by atoms with Crippen LogP contribution in [0.3, 0.4) is 0 Å². The van der Waals surface area contributed by atoms with E-state index in [2.05, 4.69) is 47.6 Å². The molecule has 0 unspecified atom stereocenters. The van der Waals surface area contributed by atoms with Crippen LogP contribution in [-0.2, 0) is 16.0 Å². The first-order valence-corrected chi connectivity index (χ1v) is 12.3. The third-order valence-electron chi connectivity index (χ3n) is 6.45. The number of nitrogens with one attached hydrogen (secondary N) is 2. The van der Waals surface area contributed by atoms with Crippen LogP contribution in [0.5, 0.6) is 5.75 Å². The van der Waals surface area contributed by atoms with Crippen molar-refractivity contribution in [1.82, 2.24) is 15.5 Å². The molecule has 0 amide bonds. The van der Waals surface area contributed by atoms with E-state index >= 15 is 0 Å². The van der Waals surface area contributed by atoms with Crippen molar-refractivity contribution in [3.05, 3.63) is 29.3 Å². The standard InChI is InChI=1S/C25H42N4O3.HI/c1-4-26-24(28-20-25(10-14-31-15-11-25)29-12-6-7-13-29)27-19-22-9-8-21(3)18-23(22)32-17-16-30-5-2;/h8-9,18H,4-7,10-17,19-20H2,1-3H3,(H2,26,27,28);1H. The first-order chi connectivity index (χ1) is 15.7. The number of hydrogen-bond donors (Lipinski definition) is 2. The van der Waals surface area contributed by atoms with Gasteiger partial charge in [-0.15, -0.1) is 24.0 Å². The summed E-state index contributed by atoms with van der Waals surface area (Å²) in [5, 5.41) is 7.07. The van der Waals surface area contributed by atoms with Crippen LogP contribution in [0.2, 0.25) is 0 Å². The molecule has 7 nitrogen and oxygen atoms in total. The fourth-order valence-corrected chi connectivity index (χ4v) is 4.58. The molecule has 3 rings (SSSR count). The Balaban J connectivity index is 0.00000385. The number of aliphatic imine (C=N–C) groups is 1. The van der Waals surface area contributed by atoms with Crippen LogP contribution >= 0.6 is 24.0 Å². The highest BCUT2D eigenvalue weighted by molar-refractivity contribution is 14.0. The molecule has 2 fully saturated rings. The van der Waals surface area contributed by atoms with Crippen LogP contribution in [-0.4, -0.2) is 75.6 Å². The monoisotopic (exact) mass is 574 g/mol. The molecule has 2 aliphatic rings. The summed E-state index contributed by atoms with van der Waals surface area (Å²) in [5.74, 6) is 1.75. The molecule has 0 aromatic heterocycles. The van der Waals surface area contributed by atoms with Crippen molar-refractivity contribution in [2.75, 3.05) is 59.2 Å². The number of guanidine groups is 1. The van der Waals surface area contributed by atoms with Gasteiger partial charge in [-0.25, -0.2) is 4.99 Å². The quantitative estimate of drug-likeness (QED) is 0.182. The molecule has 1 aromatic rings. The lowest BCUT2D eigenvalue weighted by atomic mass is 9.88. The average Bonchev–Trinajstić information content (AvgIpc) is 3.36. The van der Waals surface area contributed by atoms with Gasteiger partial charge in [0, 0.05) is 44.0 Å². The predicted molar refractivity (Wildman–Crippen MR) is 145 cm³/mol. The molecule has 188 valence electrons. The minimum atomic E-state index is 0. The van der Waals surface area contributed by atoms with Crippen molar-refractivity contribution in [2.45, 2.75) is 58.5 Å². The Bertz CT molecular complexity index is 720. The summed E-state index contributed by atoms with van der Waals surface area (Å²) in [6.45, 7) is 14.4. The van der Waals surface area contributed by atoms with Crippen LogP contribution in [0.25, 0.3) is 0 Å². The van der Waals surface area contributed by atoms with Gasteiger partial charge in [0.05, 0.1) is 13.2 Å². The summed E-state index contributed by atoms with van der Waals surface area (Å²) in [6.07, 6.45) is 4.76. The lowest BCUT2D eigenvalue weighted by molar-refractivity contribution is -0.0164. The number of rotatable bonds is 11. The molecule has 0 bridgehead atoms. The first-order valence-electron chi connectivity index (χ1n) is 12.3. The van der Waals surface area contributed by atoms with Crippen molar-refractivity contribution in [3.63, 3.8) is 0 Å². The Morgan fingerprint density at radius 2 is 1.88 bits per heavy atom. The first kappa shape index (κ1) is 28.1. The number of aryl methyl sites for hydroxylation is 1. The van der Waals surface area contributed by atoms with Crippen LogP contribution < -0.4 is 15.4 Å². The molecule has 2 heterocycles. The smallest absolute Gasteiger partial charge is 0.191 e. The Kier molecular flexibility index (Phi) is 12.8. The van der Waals surface area contributed by atoms with Crippen LogP contribution in [0.4, 0.5) is 0 Å². The maximum absolute atomic E-state index is 6.00. The zero-order chi connectivity index (χ0) is 22.7. The third-order valence-corrected chi connectivity index (χ3v) is 6.45. The van der Waals surface area contributed by atoms with Crippen molar-refractivity contribution < 1.29 is 14.2 Å². The highest BCUT2D eigenvalue weighted by atomic mass is 127. The average molecular weight is 575 g/mol. The highest BCUT2D eigenvalue weighted by Crippen LogP contribution is 2.30. The molecule has 2 aliphatic heterocycles. The van der Waals surface area contributed by atoms with Gasteiger partial charge < -0.3 is 24.8 Å². The maximum atomic E-state index is 6.00. The zero-order valence-corrected chi connectivity index (χ0v) is 23.0. The molecule has 0 radical (unpaired) electrons. The van der Waals surface area contributed by atoms with Gasteiger partial charge in [-0.1, -0.05) is 12.1 Å². The predicted octanol–water partition coefficient (Wildman–Crippen LogP) is 3.73. The lowest BCUT2D eigenvalue weighted by Crippen LogP contribution is -2.58. The van der Waals surface area contributed by atoms with Crippen molar-refractivity contribution in [1.29, 1.82) is 0 Å². The molecule has 2 N–H and O–H groups in total. The van der Waals surface area contributed by atoms with E-state index in [0.717, 1.165) is 56.4 Å². The van der Waals surface area contributed by atoms with Gasteiger partial charge in [-0.2, -0.15) is 0 Å². The topological polar surface area (TPSA) is 67.4 Å². The molecule has 1 aromatic carbocycles. The summed E-state index contributed by atoms with van der Waals surface area (Å²) in [4.78, 5) is 7.57. The van der Waals surface area contributed by atoms with E-state index in [-0.39, 0.29) is 29.5 Å². The minimum Gasteiger partial charge on any atom is -0.491 e. The minimum absolute atomic E-state index is 0. The maximum Gasteiger partial charge on any atom is 0.191 e. The van der Waals surface area contributed by atoms with E-state index in [1.807, 2.05) is 6.92 Å². The molecular weight excluding hydrogens is 531 g/mol. The van der Waals surface area contributed by atoms with Gasteiger partial charge in [0.25, 0.3) is 0 Å². The van der Waals surface area contributed by atoms with Gasteiger partial charge in [0.15, 0.2) is 5.96 Å². The summed E-state index contributed by atoms with van der Waals surface area (Å²) < 4.78 is 17.1. The molecule has 0 atom stereocenters. The Hall–Kier alpha value is -1.10. The van der Waals surface area contributed by atoms with Crippen LogP contribution in [0.1, 0.15) is 50.7 Å². The van der Waals surface area contributed by atoms with E-state index in [1.165, 1.54) is 31.5 Å². The number of benzene rings is 1. The fourth-order valence-electron chi connectivity index (χ4n) is 4.58. The normalized spacial score (nSPS) is 18.6. The third kappa shape index (κ3) is 8.56. The van der Waals surface area contributed by atoms with Crippen molar-refractivity contribution in [3.8, 4) is 5.75 Å². The van der Waals surface area contributed by atoms with E-state index in [9.17, 15) is 0 Å². The fraction of sp³-hybridized carbons (Fsp3) is 0.720. The Morgan fingerprint density at radius 3 is 2.58 bits per heavy atom. The lowest BCUT2D eigenvalue weighted by Gasteiger charge is -2.45. The van der Waals surface area contributed by atoms with Crippen molar-refractivity contribution in [2.24, 2.45) is 4.99 Å². The largest absolute Gasteiger partial charge is 0.491 e. The summed E-state index contributed by atoms with van der Waals surface area (Å²) in [5.41, 5.74) is 2.44. The molecule has 0 saturated carbocycles. The molecule has 0 aliphatic carbocycles. The second-order valence-corrected chi connectivity index (χ2v) is 8.74.